The fourth-order valence-electron chi connectivity index (χ4n) is 2.49. The molecule has 0 fully saturated rings. The van der Waals surface area contributed by atoms with Crippen molar-refractivity contribution in [2.75, 3.05) is 6.61 Å². The van der Waals surface area contributed by atoms with E-state index in [-0.39, 0.29) is 29.7 Å². The lowest BCUT2D eigenvalue weighted by atomic mass is 10.0. The van der Waals surface area contributed by atoms with Gasteiger partial charge in [0.2, 0.25) is 0 Å². The third kappa shape index (κ3) is 3.93. The number of allylic oxidation sites excluding steroid dienone is 2. The summed E-state index contributed by atoms with van der Waals surface area (Å²) in [5.74, 6) is -1.43. The SMILES string of the molecule is C=C/C(F)=C(/COc1ncc(-c2cc3c(cc2C)OC(F)(F)O3)cn1)C(=C)O. The van der Waals surface area contributed by atoms with Gasteiger partial charge in [-0.1, -0.05) is 13.2 Å². The summed E-state index contributed by atoms with van der Waals surface area (Å²) in [4.78, 5) is 8.00. The van der Waals surface area contributed by atoms with Gasteiger partial charge in [0.25, 0.3) is 0 Å². The van der Waals surface area contributed by atoms with Crippen molar-refractivity contribution in [3.63, 3.8) is 0 Å². The Bertz CT molecular complexity index is 972. The van der Waals surface area contributed by atoms with Crippen molar-refractivity contribution in [2.24, 2.45) is 0 Å². The number of fused-ring (bicyclic) bond motifs is 1. The molecule has 0 aliphatic carbocycles. The van der Waals surface area contributed by atoms with Gasteiger partial charge in [-0.25, -0.2) is 14.4 Å². The van der Waals surface area contributed by atoms with Crippen molar-refractivity contribution in [1.29, 1.82) is 0 Å². The molecule has 1 N–H and O–H groups in total. The fraction of sp³-hybridized carbons (Fsp3) is 0.158. The first-order chi connectivity index (χ1) is 13.2. The van der Waals surface area contributed by atoms with Crippen molar-refractivity contribution in [3.8, 4) is 28.6 Å². The number of benzene rings is 1. The Labute approximate surface area is 158 Å². The molecule has 1 aliphatic heterocycles. The van der Waals surface area contributed by atoms with E-state index in [9.17, 15) is 18.3 Å². The Morgan fingerprint density at radius 2 is 1.86 bits per heavy atom. The summed E-state index contributed by atoms with van der Waals surface area (Å²) in [7, 11) is 0. The second-order valence-corrected chi connectivity index (χ2v) is 5.80. The summed E-state index contributed by atoms with van der Waals surface area (Å²) < 4.78 is 54.1. The second-order valence-electron chi connectivity index (χ2n) is 5.80. The average Bonchev–Trinajstić information content (AvgIpc) is 2.94. The normalized spacial score (nSPS) is 15.0. The third-order valence-corrected chi connectivity index (χ3v) is 3.85. The molecule has 28 heavy (non-hydrogen) atoms. The highest BCUT2D eigenvalue weighted by Crippen LogP contribution is 2.44. The van der Waals surface area contributed by atoms with Gasteiger partial charge in [0, 0.05) is 18.0 Å². The molecule has 0 unspecified atom stereocenters. The van der Waals surface area contributed by atoms with Gasteiger partial charge in [-0.15, -0.1) is 8.78 Å². The first-order valence-electron chi connectivity index (χ1n) is 7.95. The molecule has 0 saturated carbocycles. The van der Waals surface area contributed by atoms with Crippen molar-refractivity contribution < 1.29 is 32.5 Å². The number of hydrogen-bond donors (Lipinski definition) is 1. The van der Waals surface area contributed by atoms with E-state index < -0.39 is 17.9 Å². The zero-order valence-corrected chi connectivity index (χ0v) is 14.7. The predicted octanol–water partition coefficient (Wildman–Crippen LogP) is 4.63. The smallest absolute Gasteiger partial charge is 0.508 e. The van der Waals surface area contributed by atoms with Crippen LogP contribution < -0.4 is 14.2 Å². The minimum atomic E-state index is -3.70. The van der Waals surface area contributed by atoms with Gasteiger partial charge >= 0.3 is 12.3 Å². The summed E-state index contributed by atoms with van der Waals surface area (Å²) in [5.41, 5.74) is 1.54. The van der Waals surface area contributed by atoms with Crippen molar-refractivity contribution in [3.05, 3.63) is 66.5 Å². The topological polar surface area (TPSA) is 73.7 Å². The van der Waals surface area contributed by atoms with Crippen LogP contribution in [0, 0.1) is 6.92 Å². The zero-order valence-electron chi connectivity index (χ0n) is 14.7. The highest BCUT2D eigenvalue weighted by molar-refractivity contribution is 5.70. The molecule has 146 valence electrons. The number of aryl methyl sites for hydroxylation is 1. The van der Waals surface area contributed by atoms with Crippen LogP contribution in [-0.4, -0.2) is 28.0 Å². The van der Waals surface area contributed by atoms with Crippen LogP contribution in [0.25, 0.3) is 11.1 Å². The molecule has 1 aromatic heterocycles. The molecule has 2 aromatic rings. The predicted molar refractivity (Wildman–Crippen MR) is 94.0 cm³/mol. The van der Waals surface area contributed by atoms with E-state index in [1.165, 1.54) is 24.5 Å². The van der Waals surface area contributed by atoms with E-state index in [1.54, 1.807) is 6.92 Å². The van der Waals surface area contributed by atoms with Crippen molar-refractivity contribution >= 4 is 0 Å². The number of ether oxygens (including phenoxy) is 3. The fourth-order valence-corrected chi connectivity index (χ4v) is 2.49. The van der Waals surface area contributed by atoms with Crippen LogP contribution in [0.15, 0.2) is 60.9 Å². The van der Waals surface area contributed by atoms with Gasteiger partial charge in [-0.05, 0) is 36.3 Å². The molecular formula is C19H15F3N2O4. The summed E-state index contributed by atoms with van der Waals surface area (Å²) in [6.07, 6.45) is 0.0261. The largest absolute Gasteiger partial charge is 0.586 e. The molecular weight excluding hydrogens is 377 g/mol. The minimum Gasteiger partial charge on any atom is -0.508 e. The lowest BCUT2D eigenvalue weighted by molar-refractivity contribution is -0.286. The summed E-state index contributed by atoms with van der Waals surface area (Å²) >= 11 is 0. The molecule has 0 radical (unpaired) electrons. The lowest BCUT2D eigenvalue weighted by Crippen LogP contribution is -2.25. The molecule has 1 aromatic carbocycles. The highest BCUT2D eigenvalue weighted by atomic mass is 19.3. The van der Waals surface area contributed by atoms with Gasteiger partial charge in [0.1, 0.15) is 18.2 Å². The van der Waals surface area contributed by atoms with Gasteiger partial charge in [-0.3, -0.25) is 0 Å². The first-order valence-corrected chi connectivity index (χ1v) is 7.95. The van der Waals surface area contributed by atoms with Crippen LogP contribution in [0.4, 0.5) is 13.2 Å². The molecule has 2 heterocycles. The lowest BCUT2D eigenvalue weighted by Gasteiger charge is -2.09. The molecule has 0 amide bonds. The molecule has 0 atom stereocenters. The van der Waals surface area contributed by atoms with Gasteiger partial charge in [-0.2, -0.15) is 0 Å². The monoisotopic (exact) mass is 392 g/mol. The number of aliphatic hydroxyl groups excluding tert-OH is 1. The van der Waals surface area contributed by atoms with Gasteiger partial charge in [0.15, 0.2) is 11.5 Å². The molecule has 0 bridgehead atoms. The quantitative estimate of drug-likeness (QED) is 0.571. The Kier molecular flexibility index (Phi) is 5.00. The maximum absolute atomic E-state index is 13.6. The summed E-state index contributed by atoms with van der Waals surface area (Å²) in [6, 6.07) is 2.75. The van der Waals surface area contributed by atoms with Crippen LogP contribution in [0.5, 0.6) is 17.5 Å². The summed E-state index contributed by atoms with van der Waals surface area (Å²) in [6.45, 7) is 7.87. The Morgan fingerprint density at radius 1 is 1.25 bits per heavy atom. The van der Waals surface area contributed by atoms with E-state index in [0.717, 1.165) is 6.08 Å². The molecule has 0 spiro atoms. The van der Waals surface area contributed by atoms with E-state index in [2.05, 4.69) is 32.6 Å². The zero-order chi connectivity index (χ0) is 20.5. The Morgan fingerprint density at radius 3 is 2.43 bits per heavy atom. The third-order valence-electron chi connectivity index (χ3n) is 3.85. The molecule has 6 nitrogen and oxygen atoms in total. The van der Waals surface area contributed by atoms with E-state index in [1.807, 2.05) is 0 Å². The molecule has 1 aliphatic rings. The summed E-state index contributed by atoms with van der Waals surface area (Å²) in [5, 5.41) is 9.39. The number of hydrogen-bond acceptors (Lipinski definition) is 6. The number of aromatic nitrogens is 2. The van der Waals surface area contributed by atoms with Crippen LogP contribution in [0.3, 0.4) is 0 Å². The van der Waals surface area contributed by atoms with Crippen LogP contribution in [0.1, 0.15) is 5.56 Å². The molecule has 0 saturated heterocycles. The van der Waals surface area contributed by atoms with Gasteiger partial charge in [0.05, 0.1) is 5.57 Å². The molecule has 9 heteroatoms. The Balaban J connectivity index is 1.79. The number of rotatable bonds is 6. The molecule has 3 rings (SSSR count). The first kappa shape index (κ1) is 19.3. The second kappa shape index (κ2) is 7.26. The maximum atomic E-state index is 13.6. The minimum absolute atomic E-state index is 0.0556. The van der Waals surface area contributed by atoms with Gasteiger partial charge < -0.3 is 19.3 Å². The Hall–Kier alpha value is -3.49. The number of alkyl halides is 2. The highest BCUT2D eigenvalue weighted by Gasteiger charge is 2.43. The van der Waals surface area contributed by atoms with Crippen LogP contribution in [-0.2, 0) is 0 Å². The van der Waals surface area contributed by atoms with E-state index in [4.69, 9.17) is 4.74 Å². The number of nitrogens with zero attached hydrogens (tertiary/aromatic N) is 2. The van der Waals surface area contributed by atoms with Crippen LogP contribution >= 0.6 is 0 Å². The van der Waals surface area contributed by atoms with Crippen molar-refractivity contribution in [2.45, 2.75) is 13.2 Å². The average molecular weight is 392 g/mol. The van der Waals surface area contributed by atoms with Crippen molar-refractivity contribution in [1.82, 2.24) is 9.97 Å². The van der Waals surface area contributed by atoms with E-state index in [0.29, 0.717) is 16.7 Å². The van der Waals surface area contributed by atoms with Crippen LogP contribution in [0.2, 0.25) is 0 Å². The number of halogens is 3. The van der Waals surface area contributed by atoms with E-state index >= 15 is 0 Å². The maximum Gasteiger partial charge on any atom is 0.586 e. The standard InChI is InChI=1S/C19H15F3N2O4/c1-4-15(20)14(11(3)25)9-26-18-23-7-12(8-24-18)13-6-17-16(5-10(13)2)27-19(21,22)28-17/h4-8,25H,1,3,9H2,2H3/b15-14+. The number of aliphatic hydroxyl groups is 1.